The van der Waals surface area contributed by atoms with E-state index in [2.05, 4.69) is 4.98 Å². The topological polar surface area (TPSA) is 74.0 Å². The van der Waals surface area contributed by atoms with Crippen LogP contribution in [0.15, 0.2) is 24.4 Å². The first kappa shape index (κ1) is 9.93. The van der Waals surface area contributed by atoms with E-state index < -0.39 is 5.97 Å². The summed E-state index contributed by atoms with van der Waals surface area (Å²) in [5, 5.41) is 16.9. The first-order chi connectivity index (χ1) is 6.74. The van der Waals surface area contributed by atoms with Crippen molar-refractivity contribution >= 4 is 12.0 Å². The largest absolute Gasteiger partial charge is 0.477 e. The molecular formula is C10H8N2O2. The molecule has 0 unspecified atom stereocenters. The van der Waals surface area contributed by atoms with Gasteiger partial charge < -0.3 is 5.11 Å². The zero-order valence-electron chi connectivity index (χ0n) is 7.34. The van der Waals surface area contributed by atoms with E-state index in [0.717, 1.165) is 5.56 Å². The number of hydrogen-bond donors (Lipinski definition) is 1. The quantitative estimate of drug-likeness (QED) is 0.783. The Balaban J connectivity index is 2.85. The molecule has 4 heteroatoms. The molecule has 0 aromatic carbocycles. The van der Waals surface area contributed by atoms with Crippen LogP contribution in [0, 0.1) is 11.3 Å². The van der Waals surface area contributed by atoms with E-state index in [0.29, 0.717) is 6.42 Å². The molecule has 1 N–H and O–H groups in total. The van der Waals surface area contributed by atoms with E-state index in [1.807, 2.05) is 6.07 Å². The summed E-state index contributed by atoms with van der Waals surface area (Å²) in [6.45, 7) is 0. The number of carboxylic acid groups (broad SMARTS) is 1. The maximum Gasteiger partial charge on any atom is 0.354 e. The predicted octanol–water partition coefficient (Wildman–Crippen LogP) is 1.71. The lowest BCUT2D eigenvalue weighted by Gasteiger charge is -1.94. The van der Waals surface area contributed by atoms with Gasteiger partial charge in [-0.1, -0.05) is 12.2 Å². The van der Waals surface area contributed by atoms with Gasteiger partial charge >= 0.3 is 5.97 Å². The summed E-state index contributed by atoms with van der Waals surface area (Å²) in [5.41, 5.74) is 0.733. The van der Waals surface area contributed by atoms with Gasteiger partial charge in [0.05, 0.1) is 12.5 Å². The molecule has 0 spiro atoms. The number of nitrogens with zero attached hydrogens (tertiary/aromatic N) is 2. The second kappa shape index (κ2) is 4.77. The van der Waals surface area contributed by atoms with Gasteiger partial charge in [-0.25, -0.2) is 9.78 Å². The van der Waals surface area contributed by atoms with Gasteiger partial charge in [0, 0.05) is 6.20 Å². The molecule has 1 aromatic heterocycles. The van der Waals surface area contributed by atoms with Gasteiger partial charge in [0.25, 0.3) is 0 Å². The van der Waals surface area contributed by atoms with Gasteiger partial charge in [-0.3, -0.25) is 0 Å². The van der Waals surface area contributed by atoms with Crippen LogP contribution in [0.1, 0.15) is 22.5 Å². The molecule has 1 heterocycles. The summed E-state index contributed by atoms with van der Waals surface area (Å²) in [6.07, 6.45) is 5.10. The van der Waals surface area contributed by atoms with Crippen LogP contribution in [0.25, 0.3) is 6.08 Å². The first-order valence-corrected chi connectivity index (χ1v) is 3.97. The predicted molar refractivity (Wildman–Crippen MR) is 50.5 cm³/mol. The summed E-state index contributed by atoms with van der Waals surface area (Å²) in [4.78, 5) is 14.2. The molecule has 1 aromatic rings. The van der Waals surface area contributed by atoms with Crippen molar-refractivity contribution in [3.63, 3.8) is 0 Å². The average molecular weight is 188 g/mol. The van der Waals surface area contributed by atoms with E-state index in [4.69, 9.17) is 10.4 Å². The van der Waals surface area contributed by atoms with E-state index in [1.54, 1.807) is 18.2 Å². The normalized spacial score (nSPS) is 9.93. The number of carboxylic acids is 1. The molecule has 0 aliphatic rings. The van der Waals surface area contributed by atoms with Gasteiger partial charge in [-0.05, 0) is 17.7 Å². The Hall–Kier alpha value is -2.15. The number of hydrogen-bond acceptors (Lipinski definition) is 3. The Morgan fingerprint density at radius 3 is 3.14 bits per heavy atom. The summed E-state index contributed by atoms with van der Waals surface area (Å²) in [7, 11) is 0. The maximum atomic E-state index is 10.5. The SMILES string of the molecule is N#CCC=Cc1ccnc(C(=O)O)c1. The van der Waals surface area contributed by atoms with E-state index in [1.165, 1.54) is 12.3 Å². The molecule has 0 saturated heterocycles. The third-order valence-electron chi connectivity index (χ3n) is 1.52. The summed E-state index contributed by atoms with van der Waals surface area (Å²) >= 11 is 0. The van der Waals surface area contributed by atoms with Crippen molar-refractivity contribution in [2.75, 3.05) is 0 Å². The van der Waals surface area contributed by atoms with Crippen LogP contribution in [-0.2, 0) is 0 Å². The third kappa shape index (κ3) is 2.72. The highest BCUT2D eigenvalue weighted by atomic mass is 16.4. The molecule has 0 saturated carbocycles. The number of nitriles is 1. The summed E-state index contributed by atoms with van der Waals surface area (Å²) < 4.78 is 0. The van der Waals surface area contributed by atoms with Crippen molar-refractivity contribution in [2.24, 2.45) is 0 Å². The molecule has 0 radical (unpaired) electrons. The molecule has 0 aliphatic carbocycles. The fourth-order valence-electron chi connectivity index (χ4n) is 0.915. The lowest BCUT2D eigenvalue weighted by atomic mass is 10.2. The van der Waals surface area contributed by atoms with Crippen molar-refractivity contribution in [3.05, 3.63) is 35.7 Å². The molecular weight excluding hydrogens is 180 g/mol. The molecule has 0 amide bonds. The third-order valence-corrected chi connectivity index (χ3v) is 1.52. The van der Waals surface area contributed by atoms with Crippen LogP contribution in [0.4, 0.5) is 0 Å². The lowest BCUT2D eigenvalue weighted by molar-refractivity contribution is 0.0690. The van der Waals surface area contributed by atoms with Crippen LogP contribution in [-0.4, -0.2) is 16.1 Å². The van der Waals surface area contributed by atoms with Crippen LogP contribution in [0.2, 0.25) is 0 Å². The number of aromatic nitrogens is 1. The fraction of sp³-hybridized carbons (Fsp3) is 0.100. The molecule has 0 bridgehead atoms. The van der Waals surface area contributed by atoms with Crippen LogP contribution >= 0.6 is 0 Å². The zero-order valence-corrected chi connectivity index (χ0v) is 7.34. The summed E-state index contributed by atoms with van der Waals surface area (Å²) in [5.74, 6) is -1.06. The number of carbonyl (C=O) groups is 1. The lowest BCUT2D eigenvalue weighted by Crippen LogP contribution is -1.99. The van der Waals surface area contributed by atoms with E-state index >= 15 is 0 Å². The Kier molecular flexibility index (Phi) is 3.39. The Morgan fingerprint density at radius 1 is 1.71 bits per heavy atom. The first-order valence-electron chi connectivity index (χ1n) is 3.97. The van der Waals surface area contributed by atoms with Crippen molar-refractivity contribution in [1.29, 1.82) is 5.26 Å². The average Bonchev–Trinajstić information content (AvgIpc) is 2.19. The fourth-order valence-corrected chi connectivity index (χ4v) is 0.915. The van der Waals surface area contributed by atoms with Gasteiger partial charge in [-0.2, -0.15) is 5.26 Å². The maximum absolute atomic E-state index is 10.5. The van der Waals surface area contributed by atoms with E-state index in [-0.39, 0.29) is 5.69 Å². The minimum atomic E-state index is -1.06. The summed E-state index contributed by atoms with van der Waals surface area (Å²) in [6, 6.07) is 5.09. The Bertz CT molecular complexity index is 405. The molecule has 0 fully saturated rings. The Morgan fingerprint density at radius 2 is 2.50 bits per heavy atom. The van der Waals surface area contributed by atoms with E-state index in [9.17, 15) is 4.79 Å². The molecule has 70 valence electrons. The second-order valence-corrected chi connectivity index (χ2v) is 2.54. The van der Waals surface area contributed by atoms with Crippen LogP contribution < -0.4 is 0 Å². The van der Waals surface area contributed by atoms with Crippen molar-refractivity contribution in [3.8, 4) is 6.07 Å². The monoisotopic (exact) mass is 188 g/mol. The number of rotatable bonds is 3. The minimum Gasteiger partial charge on any atom is -0.477 e. The zero-order chi connectivity index (χ0) is 10.4. The van der Waals surface area contributed by atoms with Gasteiger partial charge in [0.15, 0.2) is 0 Å². The van der Waals surface area contributed by atoms with Crippen molar-refractivity contribution in [1.82, 2.24) is 4.98 Å². The van der Waals surface area contributed by atoms with Gasteiger partial charge in [-0.15, -0.1) is 0 Å². The van der Waals surface area contributed by atoms with Crippen molar-refractivity contribution in [2.45, 2.75) is 6.42 Å². The van der Waals surface area contributed by atoms with Crippen LogP contribution in [0.3, 0.4) is 0 Å². The highest BCUT2D eigenvalue weighted by Gasteiger charge is 2.02. The Labute approximate surface area is 81.1 Å². The highest BCUT2D eigenvalue weighted by molar-refractivity contribution is 5.85. The molecule has 0 atom stereocenters. The number of aromatic carboxylic acids is 1. The van der Waals surface area contributed by atoms with Crippen molar-refractivity contribution < 1.29 is 9.90 Å². The molecule has 14 heavy (non-hydrogen) atoms. The smallest absolute Gasteiger partial charge is 0.354 e. The second-order valence-electron chi connectivity index (χ2n) is 2.54. The number of pyridine rings is 1. The molecule has 1 rings (SSSR count). The van der Waals surface area contributed by atoms with Gasteiger partial charge in [0.1, 0.15) is 5.69 Å². The standard InChI is InChI=1S/C10H8N2O2/c11-5-2-1-3-8-4-6-12-9(7-8)10(13)14/h1,3-4,6-7H,2H2,(H,13,14). The molecule has 0 aliphatic heterocycles. The molecule has 4 nitrogen and oxygen atoms in total. The highest BCUT2D eigenvalue weighted by Crippen LogP contribution is 2.04. The minimum absolute atomic E-state index is 0.00380. The van der Waals surface area contributed by atoms with Gasteiger partial charge in [0.2, 0.25) is 0 Å². The van der Waals surface area contributed by atoms with Crippen LogP contribution in [0.5, 0.6) is 0 Å². The number of allylic oxidation sites excluding steroid dienone is 1.